The first-order valence-electron chi connectivity index (χ1n) is 2.87. The van der Waals surface area contributed by atoms with Crippen LogP contribution >= 0.6 is 31.6 Å². The Morgan fingerprint density at radius 1 is 0.321 bits per heavy atom. The van der Waals surface area contributed by atoms with E-state index >= 15 is 0 Å². The molecule has 0 aromatic heterocycles. The van der Waals surface area contributed by atoms with Crippen molar-refractivity contribution in [3.63, 3.8) is 0 Å². The predicted octanol–water partition coefficient (Wildman–Crippen LogP) is -28.8. The zero-order chi connectivity index (χ0) is 18.0. The normalized spacial score (nSPS) is 8.43. The molecule has 12 nitrogen and oxygen atoms in total. The molecule has 0 aliphatic carbocycles. The van der Waals surface area contributed by atoms with E-state index in [4.69, 9.17) is 57.4 Å². The maximum absolute atomic E-state index is 10.1. The average Bonchev–Trinajstić information content (AvgIpc) is 1.62. The summed E-state index contributed by atoms with van der Waals surface area (Å²) in [4.78, 5) is 67.5. The molecule has 28 heteroatoms. The fraction of sp³-hybridized carbons (Fsp3) is 0. The second kappa shape index (κ2) is 39.8. The largest absolute Gasteiger partial charge is 1.00 e. The van der Waals surface area contributed by atoms with Gasteiger partial charge in [-0.3, -0.25) is 0 Å². The fourth-order valence-electron chi connectivity index (χ4n) is 0. The molecule has 0 aliphatic rings. The third-order valence-corrected chi connectivity index (χ3v) is 0. The molecule has 0 fully saturated rings. The Kier molecular flexibility index (Phi) is 109. The van der Waals surface area contributed by atoms with Gasteiger partial charge in [0, 0.05) is 0 Å². The van der Waals surface area contributed by atoms with Crippen molar-refractivity contribution in [2.45, 2.75) is 0 Å². The van der Waals surface area contributed by atoms with E-state index in [9.17, 15) is 16.8 Å². The van der Waals surface area contributed by atoms with Crippen molar-refractivity contribution in [2.24, 2.45) is 0 Å². The molecule has 0 atom stereocenters. The van der Waals surface area contributed by atoms with Crippen LogP contribution in [0.1, 0.15) is 0 Å². The van der Waals surface area contributed by atoms with Gasteiger partial charge >= 0.3 is 236 Å². The molecule has 0 spiro atoms. The van der Waals surface area contributed by atoms with E-state index < -0.39 is 31.6 Å². The van der Waals surface area contributed by atoms with Crippen LogP contribution in [0, 0.1) is 0 Å². The van der Waals surface area contributed by atoms with Crippen molar-refractivity contribution in [1.29, 1.82) is 0 Å². The SMILES string of the molecule is O=P([O-])([O-])F.O=P([O-])([O-])F.O=P([O-])([O-])F.O=P([O-])([O-])F.[Na+].[Na+].[Na+].[Na+].[Na+].[Na+].[Na+].[Na+]. The minimum absolute atomic E-state index is 0. The van der Waals surface area contributed by atoms with Crippen LogP contribution in [0.5, 0.6) is 0 Å². The molecule has 128 valence electrons. The van der Waals surface area contributed by atoms with Gasteiger partial charge in [-0.25, -0.2) is 16.8 Å². The van der Waals surface area contributed by atoms with Gasteiger partial charge in [-0.15, -0.1) is 0 Å². The summed E-state index contributed by atoms with van der Waals surface area (Å²) in [6, 6.07) is 0. The molecule has 0 saturated carbocycles. The van der Waals surface area contributed by atoms with Gasteiger partial charge < -0.3 is 57.4 Å². The standard InChI is InChI=1S/4FH2O3P.8Na/c4*1-5(2,3)4;;;;;;;;/h4*(H2,2,3,4);;;;;;;;/q;;;;8*+1/p-8. The van der Waals surface area contributed by atoms with Crippen LogP contribution in [-0.2, 0) is 18.3 Å². The molecule has 0 radical (unpaired) electrons. The van der Waals surface area contributed by atoms with Gasteiger partial charge in [0.05, 0.1) is 0 Å². The average molecular weight is 576 g/mol. The molecule has 28 heavy (non-hydrogen) atoms. The molecular formula is F4Na8O12P4. The van der Waals surface area contributed by atoms with Crippen LogP contribution in [-0.4, -0.2) is 0 Å². The van der Waals surface area contributed by atoms with Crippen molar-refractivity contribution in [1.82, 2.24) is 0 Å². The number of hydrogen-bond acceptors (Lipinski definition) is 12. The van der Waals surface area contributed by atoms with Gasteiger partial charge in [0.1, 0.15) is 31.6 Å². The second-order valence-electron chi connectivity index (χ2n) is 1.72. The summed E-state index contributed by atoms with van der Waals surface area (Å²) in [6.07, 6.45) is 0. The maximum Gasteiger partial charge on any atom is 1.00 e. The third-order valence-electron chi connectivity index (χ3n) is 0. The summed E-state index contributed by atoms with van der Waals surface area (Å²) in [5, 5.41) is 0. The predicted molar refractivity (Wildman–Crippen MR) is 34.9 cm³/mol. The topological polar surface area (TPSA) is 253 Å². The Hall–Kier alpha value is 8.32. The van der Waals surface area contributed by atoms with E-state index in [0.29, 0.717) is 0 Å². The fourth-order valence-corrected chi connectivity index (χ4v) is 0. The van der Waals surface area contributed by atoms with E-state index in [1.165, 1.54) is 0 Å². The Bertz CT molecular complexity index is 316. The Morgan fingerprint density at radius 3 is 0.321 bits per heavy atom. The minimum atomic E-state index is -5.64. The molecule has 0 heterocycles. The smallest absolute Gasteiger partial charge is 0.786 e. The molecule has 0 amide bonds. The number of hydrogen-bond donors (Lipinski definition) is 0. The molecule has 0 rings (SSSR count). The maximum atomic E-state index is 10.1. The molecule has 0 saturated heterocycles. The van der Waals surface area contributed by atoms with Crippen LogP contribution in [0.3, 0.4) is 0 Å². The van der Waals surface area contributed by atoms with Gasteiger partial charge in [-0.2, -0.15) is 0 Å². The summed E-state index contributed by atoms with van der Waals surface area (Å²) in [7, 11) is -22.6. The molecule has 0 unspecified atom stereocenters. The van der Waals surface area contributed by atoms with E-state index in [1.54, 1.807) is 0 Å². The molecular weight excluding hydrogens is 576 g/mol. The second-order valence-corrected chi connectivity index (χ2v) is 5.17. The first kappa shape index (κ1) is 76.6. The summed E-state index contributed by atoms with van der Waals surface area (Å²) in [5.41, 5.74) is 0. The molecule has 0 aromatic carbocycles. The van der Waals surface area contributed by atoms with Crippen LogP contribution < -0.4 is 276 Å². The minimum Gasteiger partial charge on any atom is -0.786 e. The number of halogens is 4. The van der Waals surface area contributed by atoms with Crippen molar-refractivity contribution in [2.75, 3.05) is 0 Å². The van der Waals surface area contributed by atoms with Crippen molar-refractivity contribution >= 4 is 31.6 Å². The summed E-state index contributed by atoms with van der Waals surface area (Å²) < 4.78 is 74.3. The molecule has 0 bridgehead atoms. The first-order valence-corrected chi connectivity index (χ1v) is 8.60. The van der Waals surface area contributed by atoms with Crippen LogP contribution in [0.2, 0.25) is 0 Å². The third kappa shape index (κ3) is 550. The molecule has 0 N–H and O–H groups in total. The van der Waals surface area contributed by atoms with Gasteiger partial charge in [0.25, 0.3) is 0 Å². The summed E-state index contributed by atoms with van der Waals surface area (Å²) in [6.45, 7) is 0. The van der Waals surface area contributed by atoms with Crippen LogP contribution in [0.15, 0.2) is 0 Å². The zero-order valence-corrected chi connectivity index (χ0v) is 35.8. The number of rotatable bonds is 0. The quantitative estimate of drug-likeness (QED) is 0.148. The van der Waals surface area contributed by atoms with Gasteiger partial charge in [0.2, 0.25) is 0 Å². The van der Waals surface area contributed by atoms with E-state index in [1.807, 2.05) is 0 Å². The van der Waals surface area contributed by atoms with E-state index in [0.717, 1.165) is 0 Å². The zero-order valence-electron chi connectivity index (χ0n) is 16.2. The molecule has 0 aliphatic heterocycles. The van der Waals surface area contributed by atoms with Crippen molar-refractivity contribution in [3.05, 3.63) is 0 Å². The Morgan fingerprint density at radius 2 is 0.321 bits per heavy atom. The Labute approximate surface area is 334 Å². The summed E-state index contributed by atoms with van der Waals surface area (Å²) >= 11 is 0. The van der Waals surface area contributed by atoms with Gasteiger partial charge in [-0.1, -0.05) is 0 Å². The van der Waals surface area contributed by atoms with Gasteiger partial charge in [0.15, 0.2) is 0 Å². The summed E-state index contributed by atoms with van der Waals surface area (Å²) in [5.74, 6) is 0. The van der Waals surface area contributed by atoms with Crippen LogP contribution in [0.4, 0.5) is 16.8 Å². The van der Waals surface area contributed by atoms with E-state index in [-0.39, 0.29) is 236 Å². The molecule has 0 aromatic rings. The van der Waals surface area contributed by atoms with Crippen molar-refractivity contribution in [3.8, 4) is 0 Å². The van der Waals surface area contributed by atoms with Crippen LogP contribution in [0.25, 0.3) is 0 Å². The monoisotopic (exact) mass is 576 g/mol. The first-order chi connectivity index (χ1) is 8.00. The van der Waals surface area contributed by atoms with Gasteiger partial charge in [-0.05, 0) is 0 Å². The van der Waals surface area contributed by atoms with E-state index in [2.05, 4.69) is 0 Å². The van der Waals surface area contributed by atoms with Crippen molar-refractivity contribution < 1.29 is 311 Å². The Balaban J connectivity index is -0.0000000111.